The van der Waals surface area contributed by atoms with Gasteiger partial charge in [-0.05, 0) is 62.1 Å². The van der Waals surface area contributed by atoms with Gasteiger partial charge in [-0.1, -0.05) is 57.4 Å². The molecule has 2 saturated heterocycles. The highest BCUT2D eigenvalue weighted by molar-refractivity contribution is 7.91. The fourth-order valence-electron chi connectivity index (χ4n) is 8.17. The highest BCUT2D eigenvalue weighted by Crippen LogP contribution is 2.47. The van der Waals surface area contributed by atoms with Crippen molar-refractivity contribution in [3.05, 3.63) is 45.8 Å². The number of halogens is 1. The summed E-state index contributed by atoms with van der Waals surface area (Å²) in [5.41, 5.74) is -0.565. The number of ether oxygens (including phenoxy) is 2. The largest absolute Gasteiger partial charge is 0.495 e. The summed E-state index contributed by atoms with van der Waals surface area (Å²) in [6.45, 7) is 6.38. The Bertz CT molecular complexity index is 2100. The number of carbonyl (C=O) groups is 5. The molecule has 4 fully saturated rings. The molecule has 2 aromatic rings. The van der Waals surface area contributed by atoms with Crippen molar-refractivity contribution in [3.63, 3.8) is 0 Å². The first-order valence-corrected chi connectivity index (χ1v) is 22.7. The molecule has 6 atom stereocenters. The zero-order valence-corrected chi connectivity index (χ0v) is 35.5. The molecule has 0 spiro atoms. The van der Waals surface area contributed by atoms with Crippen LogP contribution in [-0.2, 0) is 29.1 Å². The predicted molar refractivity (Wildman–Crippen MR) is 217 cm³/mol. The van der Waals surface area contributed by atoms with Crippen molar-refractivity contribution >= 4 is 62.7 Å². The maximum Gasteiger partial charge on any atom is 0.407 e. The molecule has 2 aliphatic carbocycles. The van der Waals surface area contributed by atoms with E-state index in [1.165, 1.54) is 23.3 Å². The van der Waals surface area contributed by atoms with Gasteiger partial charge in [0.2, 0.25) is 21.8 Å². The highest BCUT2D eigenvalue weighted by atomic mass is 35.5. The van der Waals surface area contributed by atoms with Crippen molar-refractivity contribution in [1.82, 2.24) is 30.1 Å². The number of allylic oxidation sites excluding steroid dienone is 1. The highest BCUT2D eigenvalue weighted by Gasteiger charge is 2.63. The average Bonchev–Trinajstić information content (AvgIpc) is 3.99. The van der Waals surface area contributed by atoms with Gasteiger partial charge in [0.1, 0.15) is 23.4 Å². The number of amides is 5. The van der Waals surface area contributed by atoms with Crippen molar-refractivity contribution in [3.8, 4) is 17.0 Å². The first-order chi connectivity index (χ1) is 27.5. The number of thiazole rings is 1. The molecule has 314 valence electrons. The number of likely N-dealkylation sites (tertiary alicyclic amines) is 1. The maximum atomic E-state index is 14.7. The van der Waals surface area contributed by atoms with Crippen molar-refractivity contribution in [2.75, 3.05) is 33.4 Å². The van der Waals surface area contributed by atoms with Gasteiger partial charge in [0.05, 0.1) is 29.7 Å². The standard InChI is InChI=1S/C40H51ClN6O9S2/c1-39(2,3)22-56-38(52)43-29-11-9-7-5-6-8-10-25-17-40(25,37(51)45-58(53,54)26-13-14-26)44-33(48)32-27-20-46(18-24(27)19-47(32)35(29)49)36(50)34-42-30(21-57-34)23-12-15-31(55-4)28(41)16-23/h8,10,12,15-16,21,24-27,29,32H,5-7,9,11,13-14,17-20,22H2,1-4H3,(H,43,52)(H,44,48)(H,45,51)/b10-8-/t24-,25-,27-,29-,32-,40+/m0/s1. The van der Waals surface area contributed by atoms with Gasteiger partial charge in [-0.3, -0.25) is 23.9 Å². The van der Waals surface area contributed by atoms with Crippen molar-refractivity contribution < 1.29 is 41.9 Å². The summed E-state index contributed by atoms with van der Waals surface area (Å²) in [5, 5.41) is 7.46. The number of hydrogen-bond acceptors (Lipinski definition) is 11. The number of sulfonamides is 1. The molecule has 1 aromatic carbocycles. The van der Waals surface area contributed by atoms with Gasteiger partial charge in [-0.25, -0.2) is 18.2 Å². The number of carbonyl (C=O) groups excluding carboxylic acids is 5. The minimum atomic E-state index is -3.92. The lowest BCUT2D eigenvalue weighted by atomic mass is 9.93. The number of nitrogens with one attached hydrogen (secondary N) is 3. The van der Waals surface area contributed by atoms with E-state index in [0.29, 0.717) is 54.1 Å². The normalized spacial score (nSPS) is 28.2. The van der Waals surface area contributed by atoms with Gasteiger partial charge in [0, 0.05) is 48.3 Å². The summed E-state index contributed by atoms with van der Waals surface area (Å²) >= 11 is 7.53. The van der Waals surface area contributed by atoms with Gasteiger partial charge in [0.15, 0.2) is 5.01 Å². The number of nitrogens with zero attached hydrogens (tertiary/aromatic N) is 3. The van der Waals surface area contributed by atoms with Crippen LogP contribution < -0.4 is 20.1 Å². The van der Waals surface area contributed by atoms with Crippen LogP contribution in [0, 0.1) is 23.2 Å². The number of rotatable bonds is 8. The molecule has 3 N–H and O–H groups in total. The van der Waals surface area contributed by atoms with Crippen LogP contribution in [0.25, 0.3) is 11.3 Å². The quantitative estimate of drug-likeness (QED) is 0.318. The van der Waals surface area contributed by atoms with Crippen LogP contribution >= 0.6 is 22.9 Å². The van der Waals surface area contributed by atoms with E-state index in [0.717, 1.165) is 12.8 Å². The molecule has 7 rings (SSSR count). The van der Waals surface area contributed by atoms with Crippen LogP contribution in [0.15, 0.2) is 35.7 Å². The minimum Gasteiger partial charge on any atom is -0.495 e. The van der Waals surface area contributed by atoms with Gasteiger partial charge in [0.25, 0.3) is 11.8 Å². The molecule has 58 heavy (non-hydrogen) atoms. The fraction of sp³-hybridized carbons (Fsp3) is 0.600. The van der Waals surface area contributed by atoms with Crippen molar-refractivity contribution in [2.24, 2.45) is 23.2 Å². The Morgan fingerprint density at radius 3 is 2.57 bits per heavy atom. The van der Waals surface area contributed by atoms with Crippen LogP contribution in [0.3, 0.4) is 0 Å². The molecular formula is C40H51ClN6O9S2. The third-order valence-corrected chi connectivity index (χ3v) is 14.5. The Morgan fingerprint density at radius 2 is 1.86 bits per heavy atom. The van der Waals surface area contributed by atoms with Gasteiger partial charge >= 0.3 is 6.09 Å². The molecule has 5 aliphatic rings. The van der Waals surface area contributed by atoms with Gasteiger partial charge in [-0.15, -0.1) is 11.3 Å². The molecule has 1 aromatic heterocycles. The summed E-state index contributed by atoms with van der Waals surface area (Å²) in [7, 11) is -2.40. The molecule has 0 bridgehead atoms. The molecule has 0 unspecified atom stereocenters. The predicted octanol–water partition coefficient (Wildman–Crippen LogP) is 4.52. The number of benzene rings is 1. The maximum absolute atomic E-state index is 14.7. The number of methoxy groups -OCH3 is 1. The lowest BCUT2D eigenvalue weighted by Crippen LogP contribution is -2.60. The second kappa shape index (κ2) is 16.4. The Labute approximate surface area is 347 Å². The topological polar surface area (TPSA) is 193 Å². The Balaban J connectivity index is 1.16. The molecule has 5 amide bonds. The first kappa shape index (κ1) is 41.9. The second-order valence-electron chi connectivity index (χ2n) is 17.3. The molecule has 2 saturated carbocycles. The van der Waals surface area contributed by atoms with E-state index < -0.39 is 68.5 Å². The summed E-state index contributed by atoms with van der Waals surface area (Å²) < 4.78 is 38.8. The molecule has 0 radical (unpaired) electrons. The Kier molecular flexibility index (Phi) is 11.9. The number of alkyl carbamates (subject to hydrolysis) is 1. The first-order valence-electron chi connectivity index (χ1n) is 19.9. The van der Waals surface area contributed by atoms with Crippen molar-refractivity contribution in [1.29, 1.82) is 0 Å². The van der Waals surface area contributed by atoms with E-state index in [4.69, 9.17) is 21.1 Å². The molecule has 3 aliphatic heterocycles. The second-order valence-corrected chi connectivity index (χ2v) is 20.5. The van der Waals surface area contributed by atoms with E-state index >= 15 is 0 Å². The van der Waals surface area contributed by atoms with Crippen LogP contribution in [0.1, 0.15) is 81.9 Å². The third kappa shape index (κ3) is 9.00. The van der Waals surface area contributed by atoms with Crippen molar-refractivity contribution in [2.45, 2.75) is 95.0 Å². The van der Waals surface area contributed by atoms with Gasteiger partial charge in [-0.2, -0.15) is 0 Å². The Morgan fingerprint density at radius 1 is 1.09 bits per heavy atom. The number of hydrogen-bond donors (Lipinski definition) is 3. The SMILES string of the molecule is COc1ccc(-c2csc(C(=O)N3C[C@H]4CN5C(=O)[C@@H](NC(=O)OCC(C)(C)C)CCCCC/C=C\[C@H]6C[C@@]6(C(=O)NS(=O)(=O)C6CC6)NC(=O)[C@@H]5[C@H]4C3)n2)cc1Cl. The van der Waals surface area contributed by atoms with Gasteiger partial charge < -0.3 is 29.9 Å². The minimum absolute atomic E-state index is 0.118. The lowest BCUT2D eigenvalue weighted by Gasteiger charge is -2.33. The van der Waals surface area contributed by atoms with Crippen LogP contribution in [-0.4, -0.2) is 109 Å². The smallest absolute Gasteiger partial charge is 0.407 e. The van der Waals surface area contributed by atoms with Crippen LogP contribution in [0.5, 0.6) is 5.75 Å². The molecule has 18 heteroatoms. The monoisotopic (exact) mass is 858 g/mol. The third-order valence-electron chi connectivity index (χ3n) is 11.6. The summed E-state index contributed by atoms with van der Waals surface area (Å²) in [5.74, 6) is -3.00. The lowest BCUT2D eigenvalue weighted by molar-refractivity contribution is -0.142. The van der Waals surface area contributed by atoms with E-state index in [1.807, 2.05) is 32.9 Å². The average molecular weight is 859 g/mol. The van der Waals surface area contributed by atoms with Crippen LogP contribution in [0.2, 0.25) is 5.02 Å². The number of aromatic nitrogens is 1. The van der Waals surface area contributed by atoms with E-state index in [1.54, 1.807) is 28.5 Å². The molecular weight excluding hydrogens is 808 g/mol. The fourth-order valence-corrected chi connectivity index (χ4v) is 10.6. The summed E-state index contributed by atoms with van der Waals surface area (Å²) in [6.07, 6.45) is 7.34. The van der Waals surface area contributed by atoms with E-state index in [9.17, 15) is 32.4 Å². The van der Waals surface area contributed by atoms with E-state index in [2.05, 4.69) is 20.3 Å². The summed E-state index contributed by atoms with van der Waals surface area (Å²) in [6, 6.07) is 3.12. The molecule has 15 nitrogen and oxygen atoms in total. The summed E-state index contributed by atoms with van der Waals surface area (Å²) in [4.78, 5) is 77.9. The number of fused-ring (bicyclic) bond motifs is 4. The van der Waals surface area contributed by atoms with E-state index in [-0.39, 0.29) is 54.9 Å². The zero-order chi connectivity index (χ0) is 41.6. The molecule has 4 heterocycles. The Hall–Kier alpha value is -4.22. The zero-order valence-electron chi connectivity index (χ0n) is 33.1. The van der Waals surface area contributed by atoms with Crippen LogP contribution in [0.4, 0.5) is 4.79 Å².